The Balaban J connectivity index is 1.55. The number of hydrogen-bond donors (Lipinski definition) is 2. The van der Waals surface area contributed by atoms with Gasteiger partial charge in [0.2, 0.25) is 5.91 Å². The molecule has 2 aliphatic rings. The van der Waals surface area contributed by atoms with Gasteiger partial charge in [0.15, 0.2) is 11.5 Å². The Hall–Kier alpha value is -2.81. The van der Waals surface area contributed by atoms with E-state index in [4.69, 9.17) is 9.47 Å². The molecule has 2 N–H and O–H groups in total. The van der Waals surface area contributed by atoms with Crippen LogP contribution in [0.25, 0.3) is 0 Å². The number of likely N-dealkylation sites (N-methyl/N-ethyl adjacent to an activating group) is 1. The van der Waals surface area contributed by atoms with Crippen molar-refractivity contribution in [2.24, 2.45) is 0 Å². The maximum atomic E-state index is 12.7. The Labute approximate surface area is 176 Å². The molecule has 0 radical (unpaired) electrons. The lowest BCUT2D eigenvalue weighted by Crippen LogP contribution is -2.42. The Morgan fingerprint density at radius 1 is 1.23 bits per heavy atom. The first-order chi connectivity index (χ1) is 14.5. The molecule has 9 heteroatoms. The summed E-state index contributed by atoms with van der Waals surface area (Å²) in [4.78, 5) is 40.8. The van der Waals surface area contributed by atoms with Crippen molar-refractivity contribution >= 4 is 17.8 Å². The van der Waals surface area contributed by atoms with E-state index in [2.05, 4.69) is 22.5 Å². The van der Waals surface area contributed by atoms with Gasteiger partial charge < -0.3 is 20.1 Å². The van der Waals surface area contributed by atoms with Crippen molar-refractivity contribution in [3.05, 3.63) is 23.8 Å². The summed E-state index contributed by atoms with van der Waals surface area (Å²) in [6.07, 6.45) is 2.13. The van der Waals surface area contributed by atoms with E-state index < -0.39 is 18.0 Å². The molecule has 3 rings (SSSR count). The van der Waals surface area contributed by atoms with Gasteiger partial charge in [-0.1, -0.05) is 13.0 Å². The molecule has 0 spiro atoms. The summed E-state index contributed by atoms with van der Waals surface area (Å²) in [5.74, 6) is 0.452. The van der Waals surface area contributed by atoms with Gasteiger partial charge >= 0.3 is 6.03 Å². The lowest BCUT2D eigenvalue weighted by Gasteiger charge is -2.23. The average Bonchev–Trinajstić information content (AvgIpc) is 3.31. The Bertz CT molecular complexity index is 800. The number of likely N-dealkylation sites (tertiary alicyclic amines) is 1. The Morgan fingerprint density at radius 3 is 2.70 bits per heavy atom. The molecule has 0 bridgehead atoms. The van der Waals surface area contributed by atoms with Crippen LogP contribution in [0.1, 0.15) is 31.7 Å². The van der Waals surface area contributed by atoms with Gasteiger partial charge in [0.25, 0.3) is 5.91 Å². The van der Waals surface area contributed by atoms with Crippen LogP contribution in [-0.2, 0) is 16.1 Å². The largest absolute Gasteiger partial charge is 0.493 e. The van der Waals surface area contributed by atoms with E-state index in [0.29, 0.717) is 24.1 Å². The zero-order valence-electron chi connectivity index (χ0n) is 17.8. The second-order valence-electron chi connectivity index (χ2n) is 7.55. The van der Waals surface area contributed by atoms with E-state index >= 15 is 0 Å². The van der Waals surface area contributed by atoms with Crippen LogP contribution in [0, 0.1) is 0 Å². The maximum absolute atomic E-state index is 12.7. The third-order valence-corrected chi connectivity index (χ3v) is 5.73. The molecule has 0 saturated carbocycles. The summed E-state index contributed by atoms with van der Waals surface area (Å²) in [6, 6.07) is 4.21. The molecular weight excluding hydrogens is 388 g/mol. The number of urea groups is 1. The molecule has 2 heterocycles. The molecule has 2 atom stereocenters. The molecule has 164 valence electrons. The fourth-order valence-corrected chi connectivity index (χ4v) is 4.06. The molecule has 9 nitrogen and oxygen atoms in total. The number of nitrogens with zero attached hydrogens (tertiary/aromatic N) is 2. The van der Waals surface area contributed by atoms with Crippen molar-refractivity contribution in [2.75, 3.05) is 33.9 Å². The first kappa shape index (κ1) is 21.9. The topological polar surface area (TPSA) is 100 Å². The summed E-state index contributed by atoms with van der Waals surface area (Å²) in [6.45, 7) is 4.79. The van der Waals surface area contributed by atoms with Crippen molar-refractivity contribution in [3.8, 4) is 11.5 Å². The number of imide groups is 1. The smallest absolute Gasteiger partial charge is 0.325 e. The van der Waals surface area contributed by atoms with Gasteiger partial charge in [0.05, 0.1) is 27.2 Å². The highest BCUT2D eigenvalue weighted by Gasteiger charge is 2.39. The average molecular weight is 418 g/mol. The summed E-state index contributed by atoms with van der Waals surface area (Å²) < 4.78 is 10.5. The van der Waals surface area contributed by atoms with Crippen LogP contribution >= 0.6 is 0 Å². The molecule has 0 aromatic heterocycles. The second kappa shape index (κ2) is 9.80. The monoisotopic (exact) mass is 418 g/mol. The highest BCUT2D eigenvalue weighted by molar-refractivity contribution is 6.05. The maximum Gasteiger partial charge on any atom is 0.325 e. The third kappa shape index (κ3) is 4.84. The number of ether oxygens (including phenoxy) is 2. The normalized spacial score (nSPS) is 21.6. The van der Waals surface area contributed by atoms with E-state index in [0.717, 1.165) is 36.4 Å². The standard InChI is InChI=1S/C21H30N4O5/c1-4-24-9-5-6-15(24)12-22-19(26)11-16-20(27)25(21(28)23-16)13-14-7-8-17(29-2)18(10-14)30-3/h7-8,10,15-16H,4-6,9,11-13H2,1-3H3,(H,22,26)(H,23,28)/t15?,16-/m0/s1. The van der Waals surface area contributed by atoms with Crippen LogP contribution in [0.15, 0.2) is 18.2 Å². The van der Waals surface area contributed by atoms with Crippen LogP contribution in [-0.4, -0.2) is 73.6 Å². The summed E-state index contributed by atoms with van der Waals surface area (Å²) in [5, 5.41) is 5.52. The number of hydrogen-bond acceptors (Lipinski definition) is 6. The lowest BCUT2D eigenvalue weighted by atomic mass is 10.1. The number of carbonyl (C=O) groups is 3. The summed E-state index contributed by atoms with van der Waals surface area (Å²) in [5.41, 5.74) is 0.724. The van der Waals surface area contributed by atoms with Crippen LogP contribution in [0.2, 0.25) is 0 Å². The Kier molecular flexibility index (Phi) is 7.15. The van der Waals surface area contributed by atoms with Gasteiger partial charge in [-0.15, -0.1) is 0 Å². The van der Waals surface area contributed by atoms with Gasteiger partial charge in [0, 0.05) is 12.6 Å². The van der Waals surface area contributed by atoms with Crippen LogP contribution in [0.5, 0.6) is 11.5 Å². The number of nitrogens with one attached hydrogen (secondary N) is 2. The van der Waals surface area contributed by atoms with Crippen LogP contribution in [0.3, 0.4) is 0 Å². The fraction of sp³-hybridized carbons (Fsp3) is 0.571. The molecule has 30 heavy (non-hydrogen) atoms. The lowest BCUT2D eigenvalue weighted by molar-refractivity contribution is -0.131. The van der Waals surface area contributed by atoms with Gasteiger partial charge in [-0.2, -0.15) is 0 Å². The minimum atomic E-state index is -0.844. The molecular formula is C21H30N4O5. The molecule has 2 fully saturated rings. The van der Waals surface area contributed by atoms with Crippen LogP contribution in [0.4, 0.5) is 4.79 Å². The quantitative estimate of drug-likeness (QED) is 0.583. The number of methoxy groups -OCH3 is 2. The third-order valence-electron chi connectivity index (χ3n) is 5.73. The van der Waals surface area contributed by atoms with Crippen molar-refractivity contribution in [1.82, 2.24) is 20.4 Å². The zero-order chi connectivity index (χ0) is 21.7. The van der Waals surface area contributed by atoms with Crippen molar-refractivity contribution in [3.63, 3.8) is 0 Å². The van der Waals surface area contributed by atoms with Gasteiger partial charge in [0.1, 0.15) is 6.04 Å². The number of rotatable bonds is 9. The van der Waals surface area contributed by atoms with E-state index in [9.17, 15) is 14.4 Å². The first-order valence-electron chi connectivity index (χ1n) is 10.3. The fourth-order valence-electron chi connectivity index (χ4n) is 4.06. The SMILES string of the molecule is CCN1CCCC1CNC(=O)C[C@@H]1NC(=O)N(Cc2ccc(OC)c(OC)c2)C1=O. The molecule has 4 amide bonds. The number of carbonyl (C=O) groups excluding carboxylic acids is 3. The van der Waals surface area contributed by atoms with Crippen LogP contribution < -0.4 is 20.1 Å². The molecule has 2 saturated heterocycles. The van der Waals surface area contributed by atoms with Gasteiger partial charge in [-0.3, -0.25) is 19.4 Å². The zero-order valence-corrected chi connectivity index (χ0v) is 17.8. The second-order valence-corrected chi connectivity index (χ2v) is 7.55. The highest BCUT2D eigenvalue weighted by Crippen LogP contribution is 2.28. The minimum absolute atomic E-state index is 0.0636. The summed E-state index contributed by atoms with van der Waals surface area (Å²) in [7, 11) is 3.06. The molecule has 2 aliphatic heterocycles. The highest BCUT2D eigenvalue weighted by atomic mass is 16.5. The number of benzene rings is 1. The van der Waals surface area contributed by atoms with E-state index in [-0.39, 0.29) is 18.9 Å². The predicted octanol–water partition coefficient (Wildman–Crippen LogP) is 1.11. The first-order valence-corrected chi connectivity index (χ1v) is 10.3. The van der Waals surface area contributed by atoms with E-state index in [1.54, 1.807) is 18.2 Å². The van der Waals surface area contributed by atoms with Gasteiger partial charge in [-0.05, 0) is 43.6 Å². The molecule has 1 unspecified atom stereocenters. The predicted molar refractivity (Wildman–Crippen MR) is 110 cm³/mol. The minimum Gasteiger partial charge on any atom is -0.493 e. The van der Waals surface area contributed by atoms with Gasteiger partial charge in [-0.25, -0.2) is 4.79 Å². The Morgan fingerprint density at radius 2 is 2.00 bits per heavy atom. The van der Waals surface area contributed by atoms with Crippen molar-refractivity contribution in [1.29, 1.82) is 0 Å². The molecule has 0 aliphatic carbocycles. The van der Waals surface area contributed by atoms with Crippen molar-refractivity contribution < 1.29 is 23.9 Å². The summed E-state index contributed by atoms with van der Waals surface area (Å²) >= 11 is 0. The van der Waals surface area contributed by atoms with E-state index in [1.165, 1.54) is 14.2 Å². The van der Waals surface area contributed by atoms with E-state index in [1.807, 2.05) is 0 Å². The molecule has 1 aromatic carbocycles. The number of amides is 4. The van der Waals surface area contributed by atoms with Crippen molar-refractivity contribution in [2.45, 2.75) is 44.8 Å². The molecule has 1 aromatic rings.